The first kappa shape index (κ1) is 32.4. The van der Waals surface area contributed by atoms with Gasteiger partial charge in [0.15, 0.2) is 0 Å². The van der Waals surface area contributed by atoms with Gasteiger partial charge in [0.1, 0.15) is 12.6 Å². The van der Waals surface area contributed by atoms with E-state index >= 15 is 0 Å². The van der Waals surface area contributed by atoms with Crippen LogP contribution in [0.2, 0.25) is 10.0 Å². The van der Waals surface area contributed by atoms with E-state index in [4.69, 9.17) is 23.2 Å². The molecule has 10 heteroatoms. The van der Waals surface area contributed by atoms with Crippen LogP contribution in [0.1, 0.15) is 43.9 Å². The average Bonchev–Trinajstić information content (AvgIpc) is 2.94. The van der Waals surface area contributed by atoms with Gasteiger partial charge in [-0.1, -0.05) is 80.4 Å². The minimum absolute atomic E-state index is 0.0371. The highest BCUT2D eigenvalue weighted by atomic mass is 35.5. The van der Waals surface area contributed by atoms with Gasteiger partial charge in [0.25, 0.3) is 10.0 Å². The van der Waals surface area contributed by atoms with E-state index in [1.165, 1.54) is 17.0 Å². The third-order valence-corrected chi connectivity index (χ3v) is 9.16. The summed E-state index contributed by atoms with van der Waals surface area (Å²) in [6.45, 7) is 9.42. The molecular weight excluding hydrogens is 581 g/mol. The number of rotatable bonds is 12. The van der Waals surface area contributed by atoms with Crippen molar-refractivity contribution in [2.75, 3.05) is 17.4 Å². The molecule has 0 saturated heterocycles. The lowest BCUT2D eigenvalue weighted by Crippen LogP contribution is -2.52. The minimum atomic E-state index is -4.13. The smallest absolute Gasteiger partial charge is 0.264 e. The third kappa shape index (κ3) is 8.24. The van der Waals surface area contributed by atoms with Crippen LogP contribution in [0.25, 0.3) is 0 Å². The standard InChI is InChI=1S/C31H37Cl2N3O4S/c1-6-28(31(38)34-18-21(2)3)35(19-24-14-15-26(32)27(33)17-24)30(37)20-36(29-16-22(4)12-13-23(29)5)41(39,40)25-10-8-7-9-11-25/h7-17,21,28H,6,18-20H2,1-5H3,(H,34,38). The molecule has 0 aliphatic heterocycles. The topological polar surface area (TPSA) is 86.8 Å². The number of carbonyl (C=O) groups excluding carboxylic acids is 2. The molecule has 0 spiro atoms. The number of halogens is 2. The first-order valence-electron chi connectivity index (χ1n) is 13.5. The summed E-state index contributed by atoms with van der Waals surface area (Å²) < 4.78 is 29.1. The van der Waals surface area contributed by atoms with Crippen LogP contribution in [0.3, 0.4) is 0 Å². The molecule has 7 nitrogen and oxygen atoms in total. The van der Waals surface area contributed by atoms with Crippen LogP contribution in [0.15, 0.2) is 71.6 Å². The molecule has 1 unspecified atom stereocenters. The summed E-state index contributed by atoms with van der Waals surface area (Å²) in [5, 5.41) is 3.60. The number of hydrogen-bond donors (Lipinski definition) is 1. The van der Waals surface area contributed by atoms with Crippen molar-refractivity contribution in [1.29, 1.82) is 0 Å². The summed E-state index contributed by atoms with van der Waals surface area (Å²) >= 11 is 12.4. The van der Waals surface area contributed by atoms with Crippen molar-refractivity contribution in [3.63, 3.8) is 0 Å². The van der Waals surface area contributed by atoms with E-state index in [1.807, 2.05) is 39.8 Å². The van der Waals surface area contributed by atoms with Gasteiger partial charge >= 0.3 is 0 Å². The Morgan fingerprint density at radius 3 is 2.22 bits per heavy atom. The van der Waals surface area contributed by atoms with Crippen LogP contribution in [0.4, 0.5) is 5.69 Å². The van der Waals surface area contributed by atoms with Gasteiger partial charge in [-0.05, 0) is 73.2 Å². The van der Waals surface area contributed by atoms with Crippen molar-refractivity contribution in [3.05, 3.63) is 93.5 Å². The van der Waals surface area contributed by atoms with E-state index in [1.54, 1.807) is 49.4 Å². The van der Waals surface area contributed by atoms with E-state index in [-0.39, 0.29) is 23.3 Å². The van der Waals surface area contributed by atoms with Crippen molar-refractivity contribution in [1.82, 2.24) is 10.2 Å². The first-order valence-corrected chi connectivity index (χ1v) is 15.7. The predicted molar refractivity (Wildman–Crippen MR) is 166 cm³/mol. The van der Waals surface area contributed by atoms with Gasteiger partial charge in [0.2, 0.25) is 11.8 Å². The van der Waals surface area contributed by atoms with Gasteiger partial charge < -0.3 is 10.2 Å². The number of aryl methyl sites for hydroxylation is 2. The van der Waals surface area contributed by atoms with Crippen LogP contribution in [-0.4, -0.2) is 44.3 Å². The number of anilines is 1. The van der Waals surface area contributed by atoms with E-state index in [9.17, 15) is 18.0 Å². The number of nitrogens with zero attached hydrogens (tertiary/aromatic N) is 2. The average molecular weight is 619 g/mol. The van der Waals surface area contributed by atoms with Gasteiger partial charge in [-0.2, -0.15) is 0 Å². The van der Waals surface area contributed by atoms with E-state index in [2.05, 4.69) is 5.32 Å². The Bertz CT molecular complexity index is 1480. The molecule has 0 saturated carbocycles. The number of benzene rings is 3. The Hall–Kier alpha value is -3.07. The van der Waals surface area contributed by atoms with Crippen LogP contribution >= 0.6 is 23.2 Å². The van der Waals surface area contributed by atoms with Crippen LogP contribution in [0, 0.1) is 19.8 Å². The summed E-state index contributed by atoms with van der Waals surface area (Å²) in [7, 11) is -4.13. The highest BCUT2D eigenvalue weighted by molar-refractivity contribution is 7.92. The lowest BCUT2D eigenvalue weighted by Gasteiger charge is -2.34. The maximum absolute atomic E-state index is 14.2. The monoisotopic (exact) mass is 617 g/mol. The van der Waals surface area contributed by atoms with E-state index in [0.717, 1.165) is 9.87 Å². The Morgan fingerprint density at radius 1 is 0.927 bits per heavy atom. The fraction of sp³-hybridized carbons (Fsp3) is 0.355. The number of carbonyl (C=O) groups is 2. The van der Waals surface area contributed by atoms with Gasteiger partial charge in [-0.25, -0.2) is 8.42 Å². The minimum Gasteiger partial charge on any atom is -0.354 e. The molecule has 3 rings (SSSR count). The molecule has 0 fully saturated rings. The van der Waals surface area contributed by atoms with Crippen LogP contribution in [-0.2, 0) is 26.2 Å². The first-order chi connectivity index (χ1) is 19.3. The largest absolute Gasteiger partial charge is 0.354 e. The Labute approximate surface area is 253 Å². The summed E-state index contributed by atoms with van der Waals surface area (Å²) in [6, 6.07) is 17.6. The fourth-order valence-corrected chi connectivity index (χ4v) is 6.21. The molecule has 0 aliphatic rings. The van der Waals surface area contributed by atoms with Crippen molar-refractivity contribution < 1.29 is 18.0 Å². The van der Waals surface area contributed by atoms with Gasteiger partial charge in [0.05, 0.1) is 20.6 Å². The summed E-state index contributed by atoms with van der Waals surface area (Å²) in [5.41, 5.74) is 2.60. The Morgan fingerprint density at radius 2 is 1.61 bits per heavy atom. The van der Waals surface area contributed by atoms with Crippen LogP contribution in [0.5, 0.6) is 0 Å². The molecule has 0 heterocycles. The molecule has 0 aliphatic carbocycles. The van der Waals surface area contributed by atoms with Crippen LogP contribution < -0.4 is 9.62 Å². The second-order valence-corrected chi connectivity index (χ2v) is 13.1. The Balaban J connectivity index is 2.09. The van der Waals surface area contributed by atoms with E-state index < -0.39 is 28.5 Å². The number of amides is 2. The molecule has 3 aromatic carbocycles. The molecule has 1 N–H and O–H groups in total. The zero-order valence-corrected chi connectivity index (χ0v) is 26.4. The lowest BCUT2D eigenvalue weighted by atomic mass is 10.1. The quantitative estimate of drug-likeness (QED) is 0.255. The summed E-state index contributed by atoms with van der Waals surface area (Å²) in [6.07, 6.45) is 0.325. The lowest BCUT2D eigenvalue weighted by molar-refractivity contribution is -0.140. The molecule has 0 radical (unpaired) electrons. The third-order valence-electron chi connectivity index (χ3n) is 6.65. The molecule has 41 heavy (non-hydrogen) atoms. The predicted octanol–water partition coefficient (Wildman–Crippen LogP) is 6.39. The molecule has 0 aromatic heterocycles. The molecule has 0 bridgehead atoms. The summed E-state index contributed by atoms with van der Waals surface area (Å²) in [4.78, 5) is 29.0. The SMILES string of the molecule is CCC(C(=O)NCC(C)C)N(Cc1ccc(Cl)c(Cl)c1)C(=O)CN(c1cc(C)ccc1C)S(=O)(=O)c1ccccc1. The van der Waals surface area contributed by atoms with Gasteiger partial charge in [-0.15, -0.1) is 0 Å². The molecular formula is C31H37Cl2N3O4S. The van der Waals surface area contributed by atoms with Gasteiger partial charge in [-0.3, -0.25) is 13.9 Å². The van der Waals surface area contributed by atoms with Crippen molar-refractivity contribution >= 4 is 50.7 Å². The van der Waals surface area contributed by atoms with Gasteiger partial charge in [0, 0.05) is 13.1 Å². The zero-order valence-electron chi connectivity index (χ0n) is 24.0. The second-order valence-electron chi connectivity index (χ2n) is 10.4. The molecule has 2 amide bonds. The van der Waals surface area contributed by atoms with E-state index in [0.29, 0.717) is 39.8 Å². The van der Waals surface area contributed by atoms with Crippen molar-refractivity contribution in [3.8, 4) is 0 Å². The number of sulfonamides is 1. The maximum atomic E-state index is 14.2. The number of nitrogens with one attached hydrogen (secondary N) is 1. The van der Waals surface area contributed by atoms with Crippen molar-refractivity contribution in [2.45, 2.75) is 58.5 Å². The zero-order chi connectivity index (χ0) is 30.3. The fourth-order valence-electron chi connectivity index (χ4n) is 4.40. The second kappa shape index (κ2) is 14.2. The maximum Gasteiger partial charge on any atom is 0.264 e. The highest BCUT2D eigenvalue weighted by Crippen LogP contribution is 2.29. The Kier molecular flexibility index (Phi) is 11.2. The molecule has 3 aromatic rings. The van der Waals surface area contributed by atoms with Crippen molar-refractivity contribution in [2.24, 2.45) is 5.92 Å². The highest BCUT2D eigenvalue weighted by Gasteiger charge is 2.34. The summed E-state index contributed by atoms with van der Waals surface area (Å²) in [5.74, 6) is -0.617. The molecule has 1 atom stereocenters. The molecule has 220 valence electrons. The normalized spacial score (nSPS) is 12.2. The number of hydrogen-bond acceptors (Lipinski definition) is 4.